The van der Waals surface area contributed by atoms with Crippen LogP contribution in [0.4, 0.5) is 0 Å². The van der Waals surface area contributed by atoms with Gasteiger partial charge in [-0.15, -0.1) is 0 Å². The van der Waals surface area contributed by atoms with Gasteiger partial charge in [-0.25, -0.2) is 9.97 Å². The molecular formula is C58H38N4O. The summed E-state index contributed by atoms with van der Waals surface area (Å²) in [5.41, 5.74) is 15.7. The van der Waals surface area contributed by atoms with Crippen molar-refractivity contribution in [3.63, 3.8) is 0 Å². The summed E-state index contributed by atoms with van der Waals surface area (Å²) in [6, 6.07) is 51.6. The van der Waals surface area contributed by atoms with Crippen LogP contribution in [0.1, 0.15) is 34.4 Å². The molecule has 63 heavy (non-hydrogen) atoms. The topological polar surface area (TPSA) is 48.8 Å². The molecule has 0 amide bonds. The van der Waals surface area contributed by atoms with Crippen molar-refractivity contribution < 1.29 is 4.42 Å². The predicted octanol–water partition coefficient (Wildman–Crippen LogP) is 14.2. The van der Waals surface area contributed by atoms with Crippen LogP contribution in [-0.4, -0.2) is 19.1 Å². The molecule has 0 fully saturated rings. The highest BCUT2D eigenvalue weighted by Crippen LogP contribution is 2.55. The van der Waals surface area contributed by atoms with E-state index >= 15 is 0 Å². The second-order valence-corrected chi connectivity index (χ2v) is 17.2. The van der Waals surface area contributed by atoms with Gasteiger partial charge in [0.1, 0.15) is 11.2 Å². The molecule has 6 aromatic carbocycles. The second-order valence-electron chi connectivity index (χ2n) is 17.2. The first-order valence-corrected chi connectivity index (χ1v) is 21.9. The van der Waals surface area contributed by atoms with Gasteiger partial charge in [-0.3, -0.25) is 4.57 Å². The van der Waals surface area contributed by atoms with Crippen molar-refractivity contribution in [1.82, 2.24) is 19.1 Å². The van der Waals surface area contributed by atoms with Crippen LogP contribution in [0.15, 0.2) is 210 Å². The Bertz CT molecular complexity index is 3770. The molecule has 0 saturated carbocycles. The van der Waals surface area contributed by atoms with Crippen molar-refractivity contribution in [1.29, 1.82) is 0 Å². The number of furan rings is 1. The molecule has 4 heterocycles. The summed E-state index contributed by atoms with van der Waals surface area (Å²) in [6.07, 6.45) is 23.6. The first-order valence-electron chi connectivity index (χ1n) is 21.9. The van der Waals surface area contributed by atoms with Crippen molar-refractivity contribution in [3.8, 4) is 22.9 Å². The third-order valence-corrected chi connectivity index (χ3v) is 13.9. The summed E-state index contributed by atoms with van der Waals surface area (Å²) in [5.74, 6) is 1.21. The molecule has 0 spiro atoms. The number of hydrogen-bond donors (Lipinski definition) is 0. The van der Waals surface area contributed by atoms with Crippen molar-refractivity contribution in [2.75, 3.05) is 0 Å². The number of allylic oxidation sites excluding steroid dienone is 10. The maximum Gasteiger partial charge on any atom is 0.235 e. The Kier molecular flexibility index (Phi) is 7.28. The first-order chi connectivity index (χ1) is 31.3. The van der Waals surface area contributed by atoms with E-state index in [4.69, 9.17) is 14.4 Å². The monoisotopic (exact) mass is 806 g/mol. The van der Waals surface area contributed by atoms with Crippen LogP contribution in [0.2, 0.25) is 0 Å². The average Bonchev–Trinajstić information content (AvgIpc) is 4.01. The summed E-state index contributed by atoms with van der Waals surface area (Å²) < 4.78 is 11.5. The molecule has 0 bridgehead atoms. The van der Waals surface area contributed by atoms with Gasteiger partial charge in [0.2, 0.25) is 5.95 Å². The normalized spacial score (nSPS) is 19.7. The van der Waals surface area contributed by atoms with Gasteiger partial charge in [-0.05, 0) is 71.3 Å². The summed E-state index contributed by atoms with van der Waals surface area (Å²) in [5, 5.41) is 5.65. The predicted molar refractivity (Wildman–Crippen MR) is 257 cm³/mol. The van der Waals surface area contributed by atoms with E-state index in [1.54, 1.807) is 0 Å². The highest BCUT2D eigenvalue weighted by Gasteiger charge is 2.41. The lowest BCUT2D eigenvalue weighted by Gasteiger charge is -2.39. The van der Waals surface area contributed by atoms with E-state index in [0.717, 1.165) is 55.3 Å². The Morgan fingerprint density at radius 1 is 0.460 bits per heavy atom. The molecule has 0 N–H and O–H groups in total. The van der Waals surface area contributed by atoms with Crippen LogP contribution in [0, 0.1) is 11.8 Å². The molecule has 5 heteroatoms. The Hall–Kier alpha value is -8.02. The lowest BCUT2D eigenvalue weighted by atomic mass is 9.65. The number of benzene rings is 6. The molecule has 0 saturated heterocycles. The van der Waals surface area contributed by atoms with E-state index in [2.05, 4.69) is 203 Å². The number of nitrogens with zero attached hydrogens (tertiary/aromatic N) is 4. The molecule has 4 atom stereocenters. The van der Waals surface area contributed by atoms with Crippen LogP contribution in [0.5, 0.6) is 0 Å². The van der Waals surface area contributed by atoms with E-state index in [1.165, 1.54) is 49.9 Å². The zero-order valence-corrected chi connectivity index (χ0v) is 34.1. The average molecular weight is 807 g/mol. The molecule has 10 aromatic rings. The Balaban J connectivity index is 1.04. The zero-order valence-electron chi connectivity index (χ0n) is 34.1. The van der Waals surface area contributed by atoms with Crippen LogP contribution in [-0.2, 0) is 0 Å². The van der Waals surface area contributed by atoms with Crippen molar-refractivity contribution >= 4 is 66.8 Å². The van der Waals surface area contributed by atoms with Gasteiger partial charge in [0.15, 0.2) is 0 Å². The number of aromatic nitrogens is 4. The van der Waals surface area contributed by atoms with Crippen LogP contribution in [0.25, 0.3) is 89.7 Å². The quantitative estimate of drug-likeness (QED) is 0.178. The molecule has 296 valence electrons. The Morgan fingerprint density at radius 2 is 1.08 bits per heavy atom. The molecule has 0 aliphatic heterocycles. The minimum Gasteiger partial charge on any atom is -0.455 e. The van der Waals surface area contributed by atoms with Gasteiger partial charge in [-0.1, -0.05) is 152 Å². The van der Waals surface area contributed by atoms with Crippen molar-refractivity contribution in [2.24, 2.45) is 11.8 Å². The van der Waals surface area contributed by atoms with Gasteiger partial charge < -0.3 is 8.98 Å². The fourth-order valence-corrected chi connectivity index (χ4v) is 11.3. The molecule has 14 rings (SSSR count). The number of para-hydroxylation sites is 6. The third kappa shape index (κ3) is 4.93. The summed E-state index contributed by atoms with van der Waals surface area (Å²) >= 11 is 0. The zero-order chi connectivity index (χ0) is 41.2. The van der Waals surface area contributed by atoms with Gasteiger partial charge in [0.25, 0.3) is 0 Å². The summed E-state index contributed by atoms with van der Waals surface area (Å²) in [4.78, 5) is 11.0. The maximum absolute atomic E-state index is 6.63. The van der Waals surface area contributed by atoms with E-state index in [1.807, 2.05) is 12.1 Å². The summed E-state index contributed by atoms with van der Waals surface area (Å²) in [7, 11) is 0. The van der Waals surface area contributed by atoms with Gasteiger partial charge >= 0.3 is 0 Å². The van der Waals surface area contributed by atoms with E-state index in [-0.39, 0.29) is 23.7 Å². The highest BCUT2D eigenvalue weighted by atomic mass is 16.3. The molecule has 4 unspecified atom stereocenters. The molecule has 4 aliphatic carbocycles. The fraction of sp³-hybridized carbons (Fsp3) is 0.0690. The second kappa shape index (κ2) is 13.2. The minimum absolute atomic E-state index is 0.120. The van der Waals surface area contributed by atoms with Crippen LogP contribution in [0.3, 0.4) is 0 Å². The SMILES string of the molecule is C1=CC2C(C3=Cc4c(n(-c5ccccc5)c5ccccc45)C4C=CC=CC34)=Cc3c(c4ccccc4n3-c3nc(-c4cccc5c4oc4ccccc45)c4ccccc4n3)C2C=C1. The molecule has 0 radical (unpaired) electrons. The van der Waals surface area contributed by atoms with E-state index in [9.17, 15) is 0 Å². The highest BCUT2D eigenvalue weighted by molar-refractivity contribution is 6.11. The van der Waals surface area contributed by atoms with Gasteiger partial charge in [0, 0.05) is 73.1 Å². The van der Waals surface area contributed by atoms with Crippen LogP contribution < -0.4 is 0 Å². The van der Waals surface area contributed by atoms with Crippen molar-refractivity contribution in [3.05, 3.63) is 228 Å². The Labute approximate surface area is 363 Å². The largest absolute Gasteiger partial charge is 0.455 e. The number of fused-ring (bicyclic) bond motifs is 14. The number of rotatable bonds is 4. The first kappa shape index (κ1) is 34.7. The minimum atomic E-state index is 0.120. The van der Waals surface area contributed by atoms with E-state index in [0.29, 0.717) is 5.95 Å². The van der Waals surface area contributed by atoms with Gasteiger partial charge in [0.05, 0.1) is 27.9 Å². The third-order valence-electron chi connectivity index (χ3n) is 13.9. The smallest absolute Gasteiger partial charge is 0.235 e. The molecular weight excluding hydrogens is 769 g/mol. The molecule has 5 nitrogen and oxygen atoms in total. The van der Waals surface area contributed by atoms with E-state index < -0.39 is 0 Å². The van der Waals surface area contributed by atoms with Crippen molar-refractivity contribution in [2.45, 2.75) is 11.8 Å². The lowest BCUT2D eigenvalue weighted by molar-refractivity contribution is 0.595. The molecule has 4 aliphatic rings. The summed E-state index contributed by atoms with van der Waals surface area (Å²) in [6.45, 7) is 0. The van der Waals surface area contributed by atoms with Gasteiger partial charge in [-0.2, -0.15) is 0 Å². The fourth-order valence-electron chi connectivity index (χ4n) is 11.3. The number of hydrogen-bond acceptors (Lipinski definition) is 3. The maximum atomic E-state index is 6.63. The standard InChI is InChI=1S/C58H38N4O/c1-2-17-35(18-3-1)61-50-30-13-9-21-38(50)48-33-46(37-20-5-7-24-41(37)56(48)61)47-34-52-54(40-23-6-4-19-36(40)47)44-26-10-14-31-51(44)62(52)58-59-49-29-12-8-25-43(49)55(60-58)45-28-16-27-42-39-22-11-15-32-53(39)63-57(42)45/h1-34,36-37,40-41H. The van der Waals surface area contributed by atoms with Crippen LogP contribution >= 0.6 is 0 Å². The Morgan fingerprint density at radius 3 is 1.90 bits per heavy atom. The lowest BCUT2D eigenvalue weighted by Crippen LogP contribution is -2.27. The molecule has 4 aromatic heterocycles.